The van der Waals surface area contributed by atoms with Crippen molar-refractivity contribution in [2.75, 3.05) is 72.2 Å². The average molecular weight is 753 g/mol. The number of aliphatic hydroxyl groups is 1. The van der Waals surface area contributed by atoms with E-state index < -0.39 is 23.9 Å². The van der Waals surface area contributed by atoms with E-state index in [2.05, 4.69) is 5.32 Å². The summed E-state index contributed by atoms with van der Waals surface area (Å²) in [4.78, 5) is 54.1. The molecule has 1 aromatic rings. The number of carboxylic acid groups (broad SMARTS) is 3. The fourth-order valence-corrected chi connectivity index (χ4v) is 4.56. The number of carbonyl (C=O) groups excluding carboxylic acids is 1. The zero-order valence-electron chi connectivity index (χ0n) is 23.6. The van der Waals surface area contributed by atoms with Crippen molar-refractivity contribution in [2.45, 2.75) is 32.4 Å². The van der Waals surface area contributed by atoms with Crippen molar-refractivity contribution in [3.8, 4) is 0 Å². The maximum atomic E-state index is 12.3. The third-order valence-corrected chi connectivity index (χ3v) is 6.52. The summed E-state index contributed by atoms with van der Waals surface area (Å²) in [5.74, 6) is -3.27. The van der Waals surface area contributed by atoms with E-state index in [4.69, 9.17) is 0 Å². The minimum atomic E-state index is -1.05. The van der Waals surface area contributed by atoms with Crippen LogP contribution >= 0.6 is 0 Å². The summed E-state index contributed by atoms with van der Waals surface area (Å²) in [6.45, 7) is 4.87. The number of benzene rings is 1. The Balaban J connectivity index is 0.00000800. The van der Waals surface area contributed by atoms with Gasteiger partial charge < -0.3 is 31.2 Å². The van der Waals surface area contributed by atoms with E-state index in [9.17, 15) is 39.6 Å². The molecule has 1 heterocycles. The fraction of sp³-hybridized carbons (Fsp3) is 0.615. The number of nitrogens with one attached hydrogen (secondary N) is 1. The summed E-state index contributed by atoms with van der Waals surface area (Å²) >= 11 is 0. The van der Waals surface area contributed by atoms with Crippen molar-refractivity contribution in [1.82, 2.24) is 24.9 Å². The molecule has 14 nitrogen and oxygen atoms in total. The largest absolute Gasteiger partial charge is 0.480 e. The van der Waals surface area contributed by atoms with Crippen molar-refractivity contribution in [3.05, 3.63) is 35.4 Å². The first kappa shape index (κ1) is 38.5. The van der Waals surface area contributed by atoms with Crippen LogP contribution in [0.5, 0.6) is 0 Å². The predicted molar refractivity (Wildman–Crippen MR) is 146 cm³/mol. The van der Waals surface area contributed by atoms with Crippen LogP contribution in [0.25, 0.3) is 0 Å². The smallest absolute Gasteiger partial charge is 0.317 e. The molecule has 41 heavy (non-hydrogen) atoms. The molecule has 0 aliphatic carbocycles. The molecule has 1 atom stereocenters. The molecule has 232 valence electrons. The fourth-order valence-electron chi connectivity index (χ4n) is 4.56. The summed E-state index contributed by atoms with van der Waals surface area (Å²) in [5.41, 5.74) is 1.34. The SMILES string of the molecule is CC(C)NC(=O)c1ccc(CC2CN(CC(=O)O)CCN(CO)CCN(CC(=O)O)CCN2CC(=O)O)cc1.O.[W]. The first-order chi connectivity index (χ1) is 18.5. The van der Waals surface area contributed by atoms with Crippen molar-refractivity contribution in [2.24, 2.45) is 0 Å². The van der Waals surface area contributed by atoms with Crippen LogP contribution in [0.15, 0.2) is 24.3 Å². The summed E-state index contributed by atoms with van der Waals surface area (Å²) in [7, 11) is 0. The van der Waals surface area contributed by atoms with Gasteiger partial charge in [-0.25, -0.2) is 0 Å². The van der Waals surface area contributed by atoms with Crippen molar-refractivity contribution >= 4 is 23.8 Å². The van der Waals surface area contributed by atoms with E-state index in [0.29, 0.717) is 38.2 Å². The van der Waals surface area contributed by atoms with Crippen molar-refractivity contribution in [1.29, 1.82) is 0 Å². The van der Waals surface area contributed by atoms with Gasteiger partial charge in [0, 0.05) is 84.5 Å². The Bertz CT molecular complexity index is 967. The average Bonchev–Trinajstić information content (AvgIpc) is 2.84. The molecule has 1 saturated heterocycles. The number of carboxylic acids is 3. The molecule has 0 spiro atoms. The van der Waals surface area contributed by atoms with E-state index in [-0.39, 0.29) is 84.5 Å². The zero-order valence-corrected chi connectivity index (χ0v) is 26.5. The molecule has 0 aromatic heterocycles. The van der Waals surface area contributed by atoms with Crippen LogP contribution in [0.4, 0.5) is 0 Å². The molecule has 0 bridgehead atoms. The van der Waals surface area contributed by atoms with Crippen LogP contribution < -0.4 is 5.32 Å². The second-order valence-corrected chi connectivity index (χ2v) is 10.1. The minimum Gasteiger partial charge on any atom is -0.480 e. The second-order valence-electron chi connectivity index (χ2n) is 10.1. The number of carbonyl (C=O) groups is 4. The number of hydrogen-bond acceptors (Lipinski definition) is 9. The second kappa shape index (κ2) is 19.6. The van der Waals surface area contributed by atoms with Gasteiger partial charge in [0.2, 0.25) is 0 Å². The molecule has 7 N–H and O–H groups in total. The summed E-state index contributed by atoms with van der Waals surface area (Å²) in [6, 6.07) is 6.58. The van der Waals surface area contributed by atoms with Gasteiger partial charge in [-0.05, 0) is 38.0 Å². The number of rotatable bonds is 11. The van der Waals surface area contributed by atoms with E-state index >= 15 is 0 Å². The summed E-state index contributed by atoms with van der Waals surface area (Å²) < 4.78 is 0. The van der Waals surface area contributed by atoms with Crippen LogP contribution in [0.1, 0.15) is 29.8 Å². The van der Waals surface area contributed by atoms with E-state index in [1.165, 1.54) is 0 Å². The van der Waals surface area contributed by atoms with Crippen molar-refractivity contribution in [3.63, 3.8) is 0 Å². The molecule has 2 rings (SSSR count). The Morgan fingerprint density at radius 3 is 1.80 bits per heavy atom. The van der Waals surface area contributed by atoms with Crippen LogP contribution in [-0.2, 0) is 41.9 Å². The zero-order chi connectivity index (χ0) is 28.9. The summed E-state index contributed by atoms with van der Waals surface area (Å²) in [6.07, 6.45) is 0.387. The normalized spacial score (nSPS) is 18.3. The molecule has 1 unspecified atom stereocenters. The van der Waals surface area contributed by atoms with Gasteiger partial charge in [0.25, 0.3) is 5.91 Å². The number of amides is 1. The topological polar surface area (TPSA) is 206 Å². The van der Waals surface area contributed by atoms with Crippen LogP contribution in [0.3, 0.4) is 0 Å². The maximum absolute atomic E-state index is 12.3. The Labute approximate surface area is 254 Å². The molecule has 1 amide bonds. The molecular weight excluding hydrogens is 710 g/mol. The van der Waals surface area contributed by atoms with Gasteiger partial charge in [0.1, 0.15) is 0 Å². The van der Waals surface area contributed by atoms with E-state index in [1.54, 1.807) is 43.9 Å². The number of aliphatic carboxylic acids is 3. The van der Waals surface area contributed by atoms with E-state index in [0.717, 1.165) is 5.56 Å². The molecule has 15 heteroatoms. The quantitative estimate of drug-likeness (QED) is 0.172. The monoisotopic (exact) mass is 753 g/mol. The molecular formula is C26H43N5O9W. The van der Waals surface area contributed by atoms with Gasteiger partial charge in [-0.1, -0.05) is 12.1 Å². The summed E-state index contributed by atoms with van der Waals surface area (Å²) in [5, 5.41) is 41.2. The van der Waals surface area contributed by atoms with Gasteiger partial charge in [-0.3, -0.25) is 38.8 Å². The van der Waals surface area contributed by atoms with Gasteiger partial charge >= 0.3 is 17.9 Å². The van der Waals surface area contributed by atoms with Gasteiger partial charge in [0.15, 0.2) is 0 Å². The minimum absolute atomic E-state index is 0. The Hall–Kier alpha value is -2.45. The maximum Gasteiger partial charge on any atom is 0.317 e. The Morgan fingerprint density at radius 2 is 1.29 bits per heavy atom. The van der Waals surface area contributed by atoms with Gasteiger partial charge in [-0.2, -0.15) is 0 Å². The molecule has 1 aliphatic heterocycles. The molecule has 0 radical (unpaired) electrons. The Kier molecular flexibility index (Phi) is 18.5. The first-order valence-corrected chi connectivity index (χ1v) is 13.0. The number of aliphatic hydroxyl groups excluding tert-OH is 1. The predicted octanol–water partition coefficient (Wildman–Crippen LogP) is -1.67. The van der Waals surface area contributed by atoms with Crippen LogP contribution in [-0.4, -0.2) is 154 Å². The first-order valence-electron chi connectivity index (χ1n) is 13.0. The third-order valence-electron chi connectivity index (χ3n) is 6.52. The van der Waals surface area contributed by atoms with E-state index in [1.807, 2.05) is 13.8 Å². The van der Waals surface area contributed by atoms with Gasteiger partial charge in [-0.15, -0.1) is 0 Å². The molecule has 1 fully saturated rings. The standard InChI is InChI=1S/C26H41N5O8.H2O.W/c1-19(2)27-26(39)21-5-3-20(4-6-21)13-22-14-30(16-24(35)36)10-9-29(18-32)8-7-28(15-23(33)34)11-12-31(22)17-25(37)38;;/h3-6,19,22,32H,7-18H2,1-2H3,(H,27,39)(H,33,34)(H,35,36)(H,37,38);1H2;. The number of hydrogen-bond donors (Lipinski definition) is 5. The van der Waals surface area contributed by atoms with Gasteiger partial charge in [0.05, 0.1) is 26.4 Å². The molecule has 0 saturated carbocycles. The van der Waals surface area contributed by atoms with Crippen LogP contribution in [0, 0.1) is 0 Å². The molecule has 1 aromatic carbocycles. The molecule has 1 aliphatic rings. The Morgan fingerprint density at radius 1 is 0.805 bits per heavy atom. The van der Waals surface area contributed by atoms with Crippen LogP contribution in [0.2, 0.25) is 0 Å². The van der Waals surface area contributed by atoms with Crippen molar-refractivity contribution < 1.29 is 66.1 Å². The third kappa shape index (κ3) is 14.8. The number of nitrogens with zero attached hydrogens (tertiary/aromatic N) is 4.